The average Bonchev–Trinajstić information content (AvgIpc) is 2.74. The summed E-state index contributed by atoms with van der Waals surface area (Å²) in [6.07, 6.45) is 4.81. The number of aryl methyl sites for hydroxylation is 1. The van der Waals surface area contributed by atoms with Gasteiger partial charge in [0, 0.05) is 0 Å². The van der Waals surface area contributed by atoms with Gasteiger partial charge in [-0.3, -0.25) is 0 Å². The van der Waals surface area contributed by atoms with Crippen molar-refractivity contribution in [2.45, 2.75) is 77.3 Å². The molecule has 116 valence electrons. The molecule has 2 fully saturated rings. The van der Waals surface area contributed by atoms with Crippen molar-refractivity contribution in [2.24, 2.45) is 5.92 Å². The lowest BCUT2D eigenvalue weighted by atomic mass is 9.83. The van der Waals surface area contributed by atoms with Crippen LogP contribution in [-0.2, 0) is 16.1 Å². The van der Waals surface area contributed by atoms with Crippen LogP contribution in [0.3, 0.4) is 0 Å². The van der Waals surface area contributed by atoms with E-state index in [1.807, 2.05) is 0 Å². The fraction of sp³-hybridized carbons (Fsp3) is 0.684. The van der Waals surface area contributed by atoms with Crippen LogP contribution in [0.25, 0.3) is 0 Å². The van der Waals surface area contributed by atoms with Gasteiger partial charge in [0.15, 0.2) is 0 Å². The maximum atomic E-state index is 6.54. The van der Waals surface area contributed by atoms with Crippen LogP contribution in [0.1, 0.15) is 57.6 Å². The van der Waals surface area contributed by atoms with Crippen molar-refractivity contribution >= 4 is 0 Å². The standard InChI is InChI=1S/C19H28O2/c1-14(2)19-10-9-17(18(4,21-19)11-12-19)20-13-16-8-6-5-7-15(16)3/h5-8,14,17H,9-13H2,1-4H3/t17-,18+,19+/m0/s1. The van der Waals surface area contributed by atoms with Gasteiger partial charge in [0.1, 0.15) is 0 Å². The third kappa shape index (κ3) is 2.64. The summed E-state index contributed by atoms with van der Waals surface area (Å²) in [6.45, 7) is 9.68. The Morgan fingerprint density at radius 1 is 1.24 bits per heavy atom. The fourth-order valence-electron chi connectivity index (χ4n) is 4.03. The maximum Gasteiger partial charge on any atom is 0.0923 e. The molecular formula is C19H28O2. The molecule has 0 amide bonds. The number of benzene rings is 1. The molecule has 2 bridgehead atoms. The van der Waals surface area contributed by atoms with E-state index >= 15 is 0 Å². The Morgan fingerprint density at radius 2 is 2.00 bits per heavy atom. The van der Waals surface area contributed by atoms with Gasteiger partial charge in [-0.25, -0.2) is 0 Å². The van der Waals surface area contributed by atoms with Crippen LogP contribution in [0, 0.1) is 12.8 Å². The summed E-state index contributed by atoms with van der Waals surface area (Å²) in [7, 11) is 0. The topological polar surface area (TPSA) is 18.5 Å². The molecule has 0 saturated carbocycles. The molecule has 0 aromatic heterocycles. The Hall–Kier alpha value is -0.860. The molecule has 0 N–H and O–H groups in total. The summed E-state index contributed by atoms with van der Waals surface area (Å²) in [5.41, 5.74) is 2.62. The van der Waals surface area contributed by atoms with Crippen LogP contribution >= 0.6 is 0 Å². The summed E-state index contributed by atoms with van der Waals surface area (Å²) in [5, 5.41) is 0. The first-order chi connectivity index (χ1) is 9.95. The van der Waals surface area contributed by atoms with E-state index in [-0.39, 0.29) is 17.3 Å². The first kappa shape index (κ1) is 15.1. The highest BCUT2D eigenvalue weighted by atomic mass is 16.6. The third-order valence-corrected chi connectivity index (χ3v) is 5.75. The smallest absolute Gasteiger partial charge is 0.0923 e. The molecule has 3 atom stereocenters. The molecule has 0 radical (unpaired) electrons. The highest BCUT2D eigenvalue weighted by Gasteiger charge is 2.56. The van der Waals surface area contributed by atoms with E-state index in [9.17, 15) is 0 Å². The van der Waals surface area contributed by atoms with E-state index in [1.165, 1.54) is 17.5 Å². The minimum absolute atomic E-state index is 0.0921. The Kier molecular flexibility index (Phi) is 3.87. The van der Waals surface area contributed by atoms with Gasteiger partial charge in [-0.2, -0.15) is 0 Å². The van der Waals surface area contributed by atoms with Crippen molar-refractivity contribution in [1.29, 1.82) is 0 Å². The SMILES string of the molecule is Cc1ccccc1CO[C@H]1CC[C@]2(C(C)C)CC[C@@]1(C)O2. The van der Waals surface area contributed by atoms with E-state index < -0.39 is 0 Å². The molecule has 2 aliphatic rings. The van der Waals surface area contributed by atoms with E-state index in [4.69, 9.17) is 9.47 Å². The molecule has 3 rings (SSSR count). The van der Waals surface area contributed by atoms with Crippen LogP contribution < -0.4 is 0 Å². The zero-order valence-electron chi connectivity index (χ0n) is 13.8. The molecule has 2 saturated heterocycles. The molecule has 1 aromatic rings. The van der Waals surface area contributed by atoms with Gasteiger partial charge in [-0.15, -0.1) is 0 Å². The molecule has 2 nitrogen and oxygen atoms in total. The lowest BCUT2D eigenvalue weighted by Crippen LogP contribution is -2.50. The second-order valence-corrected chi connectivity index (χ2v) is 7.40. The number of ether oxygens (including phenoxy) is 2. The summed E-state index contributed by atoms with van der Waals surface area (Å²) in [4.78, 5) is 0. The van der Waals surface area contributed by atoms with Gasteiger partial charge in [0.25, 0.3) is 0 Å². The minimum atomic E-state index is -0.0921. The van der Waals surface area contributed by atoms with Crippen LogP contribution in [-0.4, -0.2) is 17.3 Å². The first-order valence-electron chi connectivity index (χ1n) is 8.31. The van der Waals surface area contributed by atoms with Crippen molar-refractivity contribution in [2.75, 3.05) is 0 Å². The predicted molar refractivity (Wildman–Crippen MR) is 85.3 cm³/mol. The molecule has 0 spiro atoms. The maximum absolute atomic E-state index is 6.54. The van der Waals surface area contributed by atoms with Crippen molar-refractivity contribution in [3.63, 3.8) is 0 Å². The average molecular weight is 288 g/mol. The van der Waals surface area contributed by atoms with Gasteiger partial charge < -0.3 is 9.47 Å². The molecule has 2 aliphatic heterocycles. The van der Waals surface area contributed by atoms with E-state index in [2.05, 4.69) is 52.0 Å². The lowest BCUT2D eigenvalue weighted by molar-refractivity contribution is -0.215. The van der Waals surface area contributed by atoms with Crippen molar-refractivity contribution in [3.8, 4) is 0 Å². The van der Waals surface area contributed by atoms with Crippen LogP contribution in [0.2, 0.25) is 0 Å². The zero-order chi connectivity index (χ0) is 15.1. The molecule has 2 heteroatoms. The second-order valence-electron chi connectivity index (χ2n) is 7.40. The zero-order valence-corrected chi connectivity index (χ0v) is 13.8. The number of rotatable bonds is 4. The summed E-state index contributed by atoms with van der Waals surface area (Å²) < 4.78 is 12.8. The number of hydrogen-bond donors (Lipinski definition) is 0. The van der Waals surface area contributed by atoms with Gasteiger partial charge in [0.05, 0.1) is 23.9 Å². The van der Waals surface area contributed by atoms with Crippen LogP contribution in [0.15, 0.2) is 24.3 Å². The third-order valence-electron chi connectivity index (χ3n) is 5.75. The highest BCUT2D eigenvalue weighted by Crippen LogP contribution is 2.52. The number of hydrogen-bond acceptors (Lipinski definition) is 2. The monoisotopic (exact) mass is 288 g/mol. The van der Waals surface area contributed by atoms with Crippen molar-refractivity contribution < 1.29 is 9.47 Å². The quantitative estimate of drug-likeness (QED) is 0.803. The van der Waals surface area contributed by atoms with Crippen molar-refractivity contribution in [3.05, 3.63) is 35.4 Å². The van der Waals surface area contributed by atoms with Crippen LogP contribution in [0.5, 0.6) is 0 Å². The minimum Gasteiger partial charge on any atom is -0.371 e. The summed E-state index contributed by atoms with van der Waals surface area (Å²) in [6, 6.07) is 8.48. The Labute approximate surface area is 128 Å². The highest BCUT2D eigenvalue weighted by molar-refractivity contribution is 5.24. The summed E-state index contributed by atoms with van der Waals surface area (Å²) >= 11 is 0. The Morgan fingerprint density at radius 3 is 2.71 bits per heavy atom. The van der Waals surface area contributed by atoms with E-state index in [0.717, 1.165) is 19.3 Å². The van der Waals surface area contributed by atoms with E-state index in [1.54, 1.807) is 0 Å². The van der Waals surface area contributed by atoms with Gasteiger partial charge in [0.2, 0.25) is 0 Å². The largest absolute Gasteiger partial charge is 0.371 e. The first-order valence-corrected chi connectivity index (χ1v) is 8.31. The molecule has 1 aromatic carbocycles. The molecule has 21 heavy (non-hydrogen) atoms. The van der Waals surface area contributed by atoms with Gasteiger partial charge in [-0.1, -0.05) is 38.1 Å². The van der Waals surface area contributed by atoms with E-state index in [0.29, 0.717) is 12.5 Å². The molecule has 0 aliphatic carbocycles. The Bertz CT molecular complexity index is 510. The molecule has 0 unspecified atom stereocenters. The lowest BCUT2D eigenvalue weighted by Gasteiger charge is -2.45. The number of fused-ring (bicyclic) bond motifs is 2. The molecular weight excluding hydrogens is 260 g/mol. The van der Waals surface area contributed by atoms with Crippen LogP contribution in [0.4, 0.5) is 0 Å². The van der Waals surface area contributed by atoms with Gasteiger partial charge >= 0.3 is 0 Å². The van der Waals surface area contributed by atoms with Crippen molar-refractivity contribution in [1.82, 2.24) is 0 Å². The van der Waals surface area contributed by atoms with Gasteiger partial charge in [-0.05, 0) is 56.6 Å². The Balaban J connectivity index is 1.67. The summed E-state index contributed by atoms with van der Waals surface area (Å²) in [5.74, 6) is 0.594. The normalized spacial score (nSPS) is 35.4. The molecule has 2 heterocycles. The fourth-order valence-corrected chi connectivity index (χ4v) is 4.03. The predicted octanol–water partition coefficient (Wildman–Crippen LogP) is 4.64. The second kappa shape index (κ2) is 5.40.